The van der Waals surface area contributed by atoms with Crippen LogP contribution in [0.4, 0.5) is 5.13 Å². The minimum Gasteiger partial charge on any atom is -0.318 e. The van der Waals surface area contributed by atoms with Crippen LogP contribution in [0.15, 0.2) is 24.3 Å². The zero-order chi connectivity index (χ0) is 17.6. The van der Waals surface area contributed by atoms with Gasteiger partial charge in [0, 0.05) is 6.42 Å². The van der Waals surface area contributed by atoms with Crippen molar-refractivity contribution in [3.8, 4) is 0 Å². The number of thioether (sulfide) groups is 1. The van der Waals surface area contributed by atoms with Crippen LogP contribution in [0.3, 0.4) is 0 Å². The zero-order valence-corrected chi connectivity index (χ0v) is 16.0. The van der Waals surface area contributed by atoms with Gasteiger partial charge in [0.25, 0.3) is 0 Å². The number of nitrogens with zero attached hydrogens (tertiary/aromatic N) is 4. The Labute approximate surface area is 155 Å². The fourth-order valence-electron chi connectivity index (χ4n) is 2.58. The maximum Gasteiger partial charge on any atom is 0.246 e. The number of nitrogens with one attached hydrogen (secondary N) is 1. The van der Waals surface area contributed by atoms with E-state index in [2.05, 4.69) is 27.4 Å². The van der Waals surface area contributed by atoms with E-state index in [9.17, 15) is 4.79 Å². The maximum absolute atomic E-state index is 12.5. The summed E-state index contributed by atoms with van der Waals surface area (Å²) in [4.78, 5) is 17.1. The molecule has 0 aliphatic rings. The molecule has 1 aromatic carbocycles. The van der Waals surface area contributed by atoms with Gasteiger partial charge >= 0.3 is 0 Å². The number of hydrogen-bond acceptors (Lipinski definition) is 6. The van der Waals surface area contributed by atoms with Gasteiger partial charge in [-0.2, -0.15) is 11.8 Å². The van der Waals surface area contributed by atoms with Crippen molar-refractivity contribution in [2.24, 2.45) is 0 Å². The van der Waals surface area contributed by atoms with E-state index in [0.717, 1.165) is 46.9 Å². The summed E-state index contributed by atoms with van der Waals surface area (Å²) in [6, 6.07) is 7.89. The number of unbranched alkanes of at least 4 members (excludes halogenated alkanes) is 1. The molecule has 0 saturated carbocycles. The second-order valence-corrected chi connectivity index (χ2v) is 7.62. The number of hydrogen-bond donors (Lipinski definition) is 1. The summed E-state index contributed by atoms with van der Waals surface area (Å²) in [7, 11) is 0. The van der Waals surface area contributed by atoms with Gasteiger partial charge in [0.2, 0.25) is 11.0 Å². The van der Waals surface area contributed by atoms with Crippen LogP contribution in [0, 0.1) is 0 Å². The van der Waals surface area contributed by atoms with Crippen molar-refractivity contribution in [1.82, 2.24) is 19.7 Å². The molecule has 0 fully saturated rings. The Bertz CT molecular complexity index is 858. The maximum atomic E-state index is 12.5. The fraction of sp³-hybridized carbons (Fsp3) is 0.412. The molecule has 0 radical (unpaired) electrons. The Kier molecular flexibility index (Phi) is 6.04. The van der Waals surface area contributed by atoms with Gasteiger partial charge in [-0.25, -0.2) is 4.98 Å². The Hall–Kier alpha value is -1.93. The average Bonchev–Trinajstić information content (AvgIpc) is 3.18. The quantitative estimate of drug-likeness (QED) is 0.649. The lowest BCUT2D eigenvalue weighted by Gasteiger charge is -2.08. The molecule has 0 atom stereocenters. The van der Waals surface area contributed by atoms with Crippen LogP contribution >= 0.6 is 23.1 Å². The Morgan fingerprint density at radius 3 is 2.96 bits per heavy atom. The molecule has 0 saturated heterocycles. The van der Waals surface area contributed by atoms with Crippen LogP contribution in [-0.2, 0) is 23.5 Å². The topological polar surface area (TPSA) is 72.7 Å². The first-order valence-corrected chi connectivity index (χ1v) is 10.5. The third kappa shape index (κ3) is 4.38. The highest BCUT2D eigenvalue weighted by atomic mass is 32.2. The summed E-state index contributed by atoms with van der Waals surface area (Å²) in [6.45, 7) is 2.37. The first-order chi connectivity index (χ1) is 12.2. The Balaban J connectivity index is 1.73. The number of rotatable bonds is 8. The van der Waals surface area contributed by atoms with Gasteiger partial charge in [-0.3, -0.25) is 10.1 Å². The molecular weight excluding hydrogens is 354 g/mol. The van der Waals surface area contributed by atoms with Crippen molar-refractivity contribution in [3.05, 3.63) is 35.1 Å². The first kappa shape index (κ1) is 17.9. The largest absolute Gasteiger partial charge is 0.318 e. The summed E-state index contributed by atoms with van der Waals surface area (Å²) in [5, 5.41) is 12.6. The summed E-state index contributed by atoms with van der Waals surface area (Å²) >= 11 is 3.14. The summed E-state index contributed by atoms with van der Waals surface area (Å²) < 4.78 is 1.97. The number of aromatic nitrogens is 4. The van der Waals surface area contributed by atoms with Gasteiger partial charge in [-0.15, -0.1) is 10.2 Å². The smallest absolute Gasteiger partial charge is 0.246 e. The predicted octanol–water partition coefficient (Wildman–Crippen LogP) is 3.73. The number of anilines is 1. The Morgan fingerprint density at radius 2 is 2.16 bits per heavy atom. The number of benzene rings is 1. The molecule has 6 nitrogen and oxygen atoms in total. The zero-order valence-electron chi connectivity index (χ0n) is 14.4. The molecule has 3 aromatic rings. The second-order valence-electron chi connectivity index (χ2n) is 5.69. The Morgan fingerprint density at radius 1 is 1.32 bits per heavy atom. The van der Waals surface area contributed by atoms with Crippen LogP contribution < -0.4 is 5.32 Å². The van der Waals surface area contributed by atoms with Crippen molar-refractivity contribution >= 4 is 45.2 Å². The van der Waals surface area contributed by atoms with Gasteiger partial charge in [0.15, 0.2) is 0 Å². The lowest BCUT2D eigenvalue weighted by molar-refractivity contribution is -0.116. The summed E-state index contributed by atoms with van der Waals surface area (Å²) in [5.41, 5.74) is 1.89. The van der Waals surface area contributed by atoms with Crippen LogP contribution in [0.1, 0.15) is 30.6 Å². The minimum absolute atomic E-state index is 0.108. The van der Waals surface area contributed by atoms with Crippen LogP contribution in [0.5, 0.6) is 0 Å². The van der Waals surface area contributed by atoms with E-state index in [1.54, 1.807) is 11.8 Å². The number of carbonyl (C=O) groups excluding carboxylic acids is 1. The highest BCUT2D eigenvalue weighted by Crippen LogP contribution is 2.20. The molecule has 1 amide bonds. The average molecular weight is 376 g/mol. The lowest BCUT2D eigenvalue weighted by Crippen LogP contribution is -2.20. The van der Waals surface area contributed by atoms with Crippen molar-refractivity contribution in [2.75, 3.05) is 11.6 Å². The minimum atomic E-state index is -0.108. The van der Waals surface area contributed by atoms with E-state index < -0.39 is 0 Å². The summed E-state index contributed by atoms with van der Waals surface area (Å²) in [5.74, 6) is 1.57. The van der Waals surface area contributed by atoms with Gasteiger partial charge in [-0.1, -0.05) is 36.8 Å². The number of aryl methyl sites for hydroxylation is 1. The van der Waals surface area contributed by atoms with E-state index in [-0.39, 0.29) is 12.5 Å². The molecule has 3 rings (SSSR count). The second kappa shape index (κ2) is 8.44. The lowest BCUT2D eigenvalue weighted by atomic mass is 10.3. The number of imidazole rings is 1. The van der Waals surface area contributed by atoms with Crippen LogP contribution in [0.2, 0.25) is 0 Å². The molecule has 132 valence electrons. The highest BCUT2D eigenvalue weighted by molar-refractivity contribution is 7.97. The molecule has 0 spiro atoms. The molecular formula is C17H21N5OS2. The molecule has 8 heteroatoms. The van der Waals surface area contributed by atoms with Gasteiger partial charge in [0.05, 0.1) is 16.8 Å². The molecule has 0 bridgehead atoms. The first-order valence-electron chi connectivity index (χ1n) is 8.26. The van der Waals surface area contributed by atoms with E-state index in [0.29, 0.717) is 5.13 Å². The van der Waals surface area contributed by atoms with Crippen molar-refractivity contribution in [2.45, 2.75) is 38.5 Å². The molecule has 0 aliphatic carbocycles. The number of fused-ring (bicyclic) bond motifs is 1. The molecule has 2 aromatic heterocycles. The van der Waals surface area contributed by atoms with Gasteiger partial charge in [-0.05, 0) is 24.8 Å². The predicted molar refractivity (Wildman–Crippen MR) is 104 cm³/mol. The highest BCUT2D eigenvalue weighted by Gasteiger charge is 2.14. The number of para-hydroxylation sites is 2. The third-order valence-corrected chi connectivity index (χ3v) is 5.21. The van der Waals surface area contributed by atoms with E-state index in [1.807, 2.05) is 35.1 Å². The van der Waals surface area contributed by atoms with Gasteiger partial charge < -0.3 is 4.57 Å². The van der Waals surface area contributed by atoms with Crippen molar-refractivity contribution in [3.63, 3.8) is 0 Å². The fourth-order valence-corrected chi connectivity index (χ4v) is 3.85. The van der Waals surface area contributed by atoms with E-state index in [1.165, 1.54) is 11.3 Å². The summed E-state index contributed by atoms with van der Waals surface area (Å²) in [6.07, 6.45) is 5.14. The number of carbonyl (C=O) groups is 1. The molecule has 25 heavy (non-hydrogen) atoms. The van der Waals surface area contributed by atoms with Gasteiger partial charge in [0.1, 0.15) is 17.4 Å². The molecule has 0 aliphatic heterocycles. The standard InChI is InChI=1S/C17H21N5OS2/c1-3-4-9-16-20-21-17(25-16)19-15(23)10-22-13-8-6-5-7-12(13)18-14(22)11-24-2/h5-8H,3-4,9-11H2,1-2H3,(H,19,21,23). The molecule has 2 heterocycles. The SMILES string of the molecule is CCCCc1nnc(NC(=O)Cn2c(CSC)nc3ccccc32)s1. The van der Waals surface area contributed by atoms with Crippen molar-refractivity contribution < 1.29 is 4.79 Å². The molecule has 1 N–H and O–H groups in total. The van der Waals surface area contributed by atoms with E-state index in [4.69, 9.17) is 0 Å². The monoisotopic (exact) mass is 375 g/mol. The number of amides is 1. The van der Waals surface area contributed by atoms with Crippen LogP contribution in [-0.4, -0.2) is 31.9 Å². The van der Waals surface area contributed by atoms with Crippen LogP contribution in [0.25, 0.3) is 11.0 Å². The third-order valence-electron chi connectivity index (χ3n) is 3.77. The molecule has 0 unspecified atom stereocenters. The normalized spacial score (nSPS) is 11.1. The van der Waals surface area contributed by atoms with Crippen molar-refractivity contribution in [1.29, 1.82) is 0 Å². The van der Waals surface area contributed by atoms with E-state index >= 15 is 0 Å².